The average Bonchev–Trinajstić information content (AvgIpc) is 2.90. The van der Waals surface area contributed by atoms with Gasteiger partial charge in [-0.25, -0.2) is 0 Å². The first-order valence-electron chi connectivity index (χ1n) is 11.3. The SMILES string of the molecule is O=C(NNC(=O)C(c1ccccc1)c1ccccc1)c1ccc(OCCc2ccccc2)c(Br)c1. The Kier molecular flexibility index (Phi) is 8.30. The van der Waals surface area contributed by atoms with E-state index in [2.05, 4.69) is 38.9 Å². The van der Waals surface area contributed by atoms with Gasteiger partial charge < -0.3 is 4.74 Å². The molecule has 0 aromatic heterocycles. The molecule has 0 aliphatic carbocycles. The molecular weight excluding hydrogens is 504 g/mol. The van der Waals surface area contributed by atoms with E-state index in [-0.39, 0.29) is 5.91 Å². The molecule has 2 amide bonds. The Morgan fingerprint density at radius 2 is 1.31 bits per heavy atom. The van der Waals surface area contributed by atoms with Crippen LogP contribution in [0.3, 0.4) is 0 Å². The summed E-state index contributed by atoms with van der Waals surface area (Å²) in [6, 6.07) is 34.1. The van der Waals surface area contributed by atoms with Crippen LogP contribution in [0, 0.1) is 0 Å². The second-order valence-corrected chi connectivity index (χ2v) is 8.78. The van der Waals surface area contributed by atoms with E-state index in [0.717, 1.165) is 17.5 Å². The van der Waals surface area contributed by atoms with Crippen LogP contribution in [0.5, 0.6) is 5.75 Å². The minimum Gasteiger partial charge on any atom is -0.492 e. The lowest BCUT2D eigenvalue weighted by molar-refractivity contribution is -0.122. The first kappa shape index (κ1) is 24.2. The molecule has 0 fully saturated rings. The highest BCUT2D eigenvalue weighted by Gasteiger charge is 2.23. The molecule has 0 bridgehead atoms. The van der Waals surface area contributed by atoms with Crippen LogP contribution < -0.4 is 15.6 Å². The quantitative estimate of drug-likeness (QED) is 0.290. The fraction of sp³-hybridized carbons (Fsp3) is 0.103. The Labute approximate surface area is 213 Å². The molecule has 4 aromatic carbocycles. The van der Waals surface area contributed by atoms with E-state index >= 15 is 0 Å². The first-order chi connectivity index (χ1) is 17.1. The van der Waals surface area contributed by atoms with Gasteiger partial charge in [0.15, 0.2) is 0 Å². The first-order valence-corrected chi connectivity index (χ1v) is 12.1. The molecule has 176 valence electrons. The number of hydrogen-bond acceptors (Lipinski definition) is 3. The third-order valence-corrected chi connectivity index (χ3v) is 6.13. The maximum Gasteiger partial charge on any atom is 0.269 e. The van der Waals surface area contributed by atoms with E-state index in [1.54, 1.807) is 18.2 Å². The van der Waals surface area contributed by atoms with Crippen molar-refractivity contribution in [2.75, 3.05) is 6.61 Å². The molecule has 0 saturated carbocycles. The largest absolute Gasteiger partial charge is 0.492 e. The van der Waals surface area contributed by atoms with Crippen LogP contribution in [0.1, 0.15) is 33.0 Å². The zero-order valence-corrected chi connectivity index (χ0v) is 20.6. The van der Waals surface area contributed by atoms with E-state index in [0.29, 0.717) is 22.4 Å². The maximum atomic E-state index is 13.1. The number of hydrogen-bond donors (Lipinski definition) is 2. The van der Waals surface area contributed by atoms with Crippen LogP contribution in [0.25, 0.3) is 0 Å². The minimum atomic E-state index is -0.551. The van der Waals surface area contributed by atoms with Crippen LogP contribution in [0.15, 0.2) is 114 Å². The van der Waals surface area contributed by atoms with E-state index < -0.39 is 11.8 Å². The zero-order chi connectivity index (χ0) is 24.5. The van der Waals surface area contributed by atoms with E-state index in [1.165, 1.54) is 5.56 Å². The van der Waals surface area contributed by atoms with Gasteiger partial charge in [0.2, 0.25) is 5.91 Å². The van der Waals surface area contributed by atoms with Crippen LogP contribution >= 0.6 is 15.9 Å². The molecule has 0 radical (unpaired) electrons. The molecule has 0 aliphatic heterocycles. The molecule has 0 atom stereocenters. The second-order valence-electron chi connectivity index (χ2n) is 7.93. The molecule has 5 nitrogen and oxygen atoms in total. The molecule has 4 aromatic rings. The predicted molar refractivity (Wildman–Crippen MR) is 140 cm³/mol. The van der Waals surface area contributed by atoms with Gasteiger partial charge in [0.1, 0.15) is 5.75 Å². The third-order valence-electron chi connectivity index (χ3n) is 5.51. The van der Waals surface area contributed by atoms with E-state index in [4.69, 9.17) is 4.74 Å². The van der Waals surface area contributed by atoms with Gasteiger partial charge in [0.05, 0.1) is 17.0 Å². The summed E-state index contributed by atoms with van der Waals surface area (Å²) in [6.07, 6.45) is 0.783. The van der Waals surface area contributed by atoms with Crippen LogP contribution in [-0.4, -0.2) is 18.4 Å². The zero-order valence-electron chi connectivity index (χ0n) is 19.0. The molecule has 0 heterocycles. The molecule has 0 saturated heterocycles. The Hall–Kier alpha value is -3.90. The highest BCUT2D eigenvalue weighted by molar-refractivity contribution is 9.10. The van der Waals surface area contributed by atoms with E-state index in [9.17, 15) is 9.59 Å². The van der Waals surface area contributed by atoms with Gasteiger partial charge in [-0.3, -0.25) is 20.4 Å². The lowest BCUT2D eigenvalue weighted by Gasteiger charge is -2.18. The molecule has 0 aliphatic rings. The lowest BCUT2D eigenvalue weighted by atomic mass is 9.91. The summed E-state index contributed by atoms with van der Waals surface area (Å²) in [5.41, 5.74) is 8.37. The molecule has 0 unspecified atom stereocenters. The van der Waals surface area contributed by atoms with Crippen LogP contribution in [-0.2, 0) is 11.2 Å². The van der Waals surface area contributed by atoms with Crippen molar-refractivity contribution in [3.8, 4) is 5.75 Å². The van der Waals surface area contributed by atoms with Gasteiger partial charge in [-0.15, -0.1) is 0 Å². The highest BCUT2D eigenvalue weighted by Crippen LogP contribution is 2.27. The van der Waals surface area contributed by atoms with Gasteiger partial charge in [0, 0.05) is 12.0 Å². The number of carbonyl (C=O) groups excluding carboxylic acids is 2. The standard InChI is InChI=1S/C29H25BrN2O3/c30-25-20-24(16-17-26(25)35-19-18-21-10-4-1-5-11-21)28(33)31-32-29(34)27(22-12-6-2-7-13-22)23-14-8-3-9-15-23/h1-17,20,27H,18-19H2,(H,31,33)(H,32,34). The summed E-state index contributed by atoms with van der Waals surface area (Å²) in [4.78, 5) is 25.8. The Bertz CT molecular complexity index is 1230. The van der Waals surface area contributed by atoms with Gasteiger partial charge in [-0.1, -0.05) is 91.0 Å². The Morgan fingerprint density at radius 3 is 1.89 bits per heavy atom. The number of rotatable bonds is 8. The summed E-state index contributed by atoms with van der Waals surface area (Å²) in [5.74, 6) is -0.648. The van der Waals surface area contributed by atoms with E-state index in [1.807, 2.05) is 78.9 Å². The summed E-state index contributed by atoms with van der Waals surface area (Å²) in [7, 11) is 0. The predicted octanol–water partition coefficient (Wildman–Crippen LogP) is 5.66. The Morgan fingerprint density at radius 1 is 0.743 bits per heavy atom. The molecule has 2 N–H and O–H groups in total. The van der Waals surface area contributed by atoms with Crippen molar-refractivity contribution in [3.05, 3.63) is 136 Å². The number of nitrogens with one attached hydrogen (secondary N) is 2. The smallest absolute Gasteiger partial charge is 0.269 e. The molecule has 6 heteroatoms. The Balaban J connectivity index is 1.37. The normalized spacial score (nSPS) is 10.6. The van der Waals surface area contributed by atoms with Gasteiger partial charge in [-0.2, -0.15) is 0 Å². The summed E-state index contributed by atoms with van der Waals surface area (Å²) in [6.45, 7) is 0.518. The number of carbonyl (C=O) groups is 2. The van der Waals surface area contributed by atoms with Crippen molar-refractivity contribution in [1.82, 2.24) is 10.9 Å². The van der Waals surface area contributed by atoms with Gasteiger partial charge in [0.25, 0.3) is 5.91 Å². The third kappa shape index (κ3) is 6.58. The molecular formula is C29H25BrN2O3. The maximum absolute atomic E-state index is 13.1. The van der Waals surface area contributed by atoms with Crippen molar-refractivity contribution >= 4 is 27.7 Å². The fourth-order valence-electron chi connectivity index (χ4n) is 3.73. The second kappa shape index (κ2) is 12.0. The summed E-state index contributed by atoms with van der Waals surface area (Å²) < 4.78 is 6.52. The number of hydrazine groups is 1. The van der Waals surface area contributed by atoms with Crippen LogP contribution in [0.4, 0.5) is 0 Å². The van der Waals surface area contributed by atoms with Crippen LogP contribution in [0.2, 0.25) is 0 Å². The minimum absolute atomic E-state index is 0.323. The number of ether oxygens (including phenoxy) is 1. The highest BCUT2D eigenvalue weighted by atomic mass is 79.9. The van der Waals surface area contributed by atoms with Gasteiger partial charge >= 0.3 is 0 Å². The molecule has 4 rings (SSSR count). The van der Waals surface area contributed by atoms with Crippen molar-refractivity contribution in [3.63, 3.8) is 0 Å². The van der Waals surface area contributed by atoms with Crippen molar-refractivity contribution in [1.29, 1.82) is 0 Å². The topological polar surface area (TPSA) is 67.4 Å². The lowest BCUT2D eigenvalue weighted by Crippen LogP contribution is -2.44. The van der Waals surface area contributed by atoms with Crippen molar-refractivity contribution in [2.45, 2.75) is 12.3 Å². The molecule has 0 spiro atoms. The summed E-state index contributed by atoms with van der Waals surface area (Å²) in [5, 5.41) is 0. The average molecular weight is 529 g/mol. The summed E-state index contributed by atoms with van der Waals surface area (Å²) >= 11 is 3.47. The number of benzene rings is 4. The number of halogens is 1. The number of amides is 2. The van der Waals surface area contributed by atoms with Crippen molar-refractivity contribution in [2.24, 2.45) is 0 Å². The van der Waals surface area contributed by atoms with Gasteiger partial charge in [-0.05, 0) is 50.8 Å². The molecule has 35 heavy (non-hydrogen) atoms. The monoisotopic (exact) mass is 528 g/mol. The van der Waals surface area contributed by atoms with Crippen molar-refractivity contribution < 1.29 is 14.3 Å². The fourth-order valence-corrected chi connectivity index (χ4v) is 4.22.